The van der Waals surface area contributed by atoms with Gasteiger partial charge < -0.3 is 10.4 Å². The third-order valence-electron chi connectivity index (χ3n) is 3.39. The van der Waals surface area contributed by atoms with E-state index in [2.05, 4.69) is 15.5 Å². The molecule has 0 unspecified atom stereocenters. The number of aromatic nitrogens is 2. The number of hydrogen-bond donors (Lipinski definition) is 3. The van der Waals surface area contributed by atoms with Crippen molar-refractivity contribution in [3.63, 3.8) is 0 Å². The number of carboxylic acids is 1. The van der Waals surface area contributed by atoms with E-state index in [0.717, 1.165) is 24.2 Å². The predicted octanol–water partition coefficient (Wildman–Crippen LogP) is 2.26. The van der Waals surface area contributed by atoms with Gasteiger partial charge in [0.1, 0.15) is 5.69 Å². The molecule has 2 rings (SSSR count). The van der Waals surface area contributed by atoms with Crippen LogP contribution in [0.15, 0.2) is 6.20 Å². The minimum atomic E-state index is -0.779. The highest BCUT2D eigenvalue weighted by Gasteiger charge is 2.25. The second kappa shape index (κ2) is 8.33. The Balaban J connectivity index is 1.63. The number of amides is 1. The Morgan fingerprint density at radius 2 is 2.14 bits per heavy atom. The molecular weight excluding hydrogens is 310 g/mol. The summed E-state index contributed by atoms with van der Waals surface area (Å²) in [5.41, 5.74) is 1.62. The third-order valence-corrected chi connectivity index (χ3v) is 5.80. The first-order chi connectivity index (χ1) is 10.2. The van der Waals surface area contributed by atoms with Gasteiger partial charge in [-0.3, -0.25) is 14.7 Å². The van der Waals surface area contributed by atoms with Gasteiger partial charge in [-0.1, -0.05) is 28.0 Å². The van der Waals surface area contributed by atoms with Gasteiger partial charge in [0.15, 0.2) is 0 Å². The van der Waals surface area contributed by atoms with Gasteiger partial charge in [-0.2, -0.15) is 5.10 Å². The summed E-state index contributed by atoms with van der Waals surface area (Å²) < 4.78 is 0. The number of hydrogen-bond acceptors (Lipinski definition) is 5. The lowest BCUT2D eigenvalue weighted by atomic mass is 9.80. The van der Waals surface area contributed by atoms with Gasteiger partial charge in [0.2, 0.25) is 0 Å². The van der Waals surface area contributed by atoms with Gasteiger partial charge in [0, 0.05) is 23.6 Å². The minimum Gasteiger partial charge on any atom is -0.481 e. The molecule has 1 aromatic heterocycles. The summed E-state index contributed by atoms with van der Waals surface area (Å²) in [6, 6.07) is 0. The van der Waals surface area contributed by atoms with E-state index >= 15 is 0 Å². The van der Waals surface area contributed by atoms with Crippen molar-refractivity contribution >= 4 is 33.5 Å². The maximum Gasteiger partial charge on any atom is 0.304 e. The number of nitrogens with zero attached hydrogens (tertiary/aromatic N) is 1. The topological polar surface area (TPSA) is 95.1 Å². The molecule has 6 nitrogen and oxygen atoms in total. The second-order valence-corrected chi connectivity index (χ2v) is 7.57. The maximum atomic E-state index is 12.1. The second-order valence-electron chi connectivity index (χ2n) is 4.87. The first-order valence-electron chi connectivity index (χ1n) is 6.96. The summed E-state index contributed by atoms with van der Waals surface area (Å²) in [6.07, 6.45) is 5.42. The van der Waals surface area contributed by atoms with Gasteiger partial charge in [-0.05, 0) is 18.8 Å². The predicted molar refractivity (Wildman–Crippen MR) is 84.7 cm³/mol. The Morgan fingerprint density at radius 1 is 1.38 bits per heavy atom. The first-order valence-corrected chi connectivity index (χ1v) is 9.45. The van der Waals surface area contributed by atoms with E-state index in [1.54, 1.807) is 17.0 Å². The summed E-state index contributed by atoms with van der Waals surface area (Å²) in [4.78, 5) is 22.4. The molecule has 1 aliphatic carbocycles. The van der Waals surface area contributed by atoms with Crippen LogP contribution in [-0.4, -0.2) is 45.2 Å². The van der Waals surface area contributed by atoms with E-state index in [4.69, 9.17) is 5.11 Å². The third kappa shape index (κ3) is 4.96. The molecule has 0 saturated heterocycles. The fourth-order valence-electron chi connectivity index (χ4n) is 2.05. The number of nitrogens with one attached hydrogen (secondary N) is 2. The van der Waals surface area contributed by atoms with Crippen LogP contribution >= 0.6 is 21.6 Å². The van der Waals surface area contributed by atoms with Crippen molar-refractivity contribution in [3.05, 3.63) is 17.5 Å². The highest BCUT2D eigenvalue weighted by molar-refractivity contribution is 8.76. The smallest absolute Gasteiger partial charge is 0.304 e. The Hall–Kier alpha value is -1.15. The molecule has 1 aliphatic rings. The zero-order valence-electron chi connectivity index (χ0n) is 11.6. The molecule has 1 heterocycles. The summed E-state index contributed by atoms with van der Waals surface area (Å²) >= 11 is 0. The van der Waals surface area contributed by atoms with Gasteiger partial charge >= 0.3 is 5.97 Å². The lowest BCUT2D eigenvalue weighted by molar-refractivity contribution is -0.136. The zero-order chi connectivity index (χ0) is 15.1. The van der Waals surface area contributed by atoms with E-state index in [9.17, 15) is 9.59 Å². The van der Waals surface area contributed by atoms with E-state index in [1.807, 2.05) is 0 Å². The largest absolute Gasteiger partial charge is 0.481 e. The molecule has 21 heavy (non-hydrogen) atoms. The normalized spacial score (nSPS) is 14.7. The molecule has 0 bridgehead atoms. The Bertz CT molecular complexity index is 489. The van der Waals surface area contributed by atoms with Gasteiger partial charge in [-0.25, -0.2) is 0 Å². The Kier molecular flexibility index (Phi) is 6.44. The number of H-pyrrole nitrogens is 1. The summed E-state index contributed by atoms with van der Waals surface area (Å²) in [7, 11) is 3.09. The van der Waals surface area contributed by atoms with Crippen molar-refractivity contribution in [2.24, 2.45) is 0 Å². The molecule has 1 fully saturated rings. The Labute approximate surface area is 131 Å². The molecule has 0 radical (unpaired) electrons. The van der Waals surface area contributed by atoms with E-state index in [1.165, 1.54) is 17.2 Å². The average Bonchev–Trinajstić information content (AvgIpc) is 2.84. The van der Waals surface area contributed by atoms with E-state index < -0.39 is 5.97 Å². The van der Waals surface area contributed by atoms with Crippen LogP contribution in [0.2, 0.25) is 0 Å². The van der Waals surface area contributed by atoms with Crippen molar-refractivity contribution in [1.82, 2.24) is 15.5 Å². The molecular formula is C13H19N3O3S2. The Morgan fingerprint density at radius 3 is 2.81 bits per heavy atom. The van der Waals surface area contributed by atoms with Gasteiger partial charge in [-0.15, -0.1) is 0 Å². The van der Waals surface area contributed by atoms with Crippen molar-refractivity contribution in [2.45, 2.75) is 31.6 Å². The van der Waals surface area contributed by atoms with Crippen LogP contribution in [0.1, 0.15) is 47.7 Å². The number of rotatable bonds is 9. The molecule has 3 N–H and O–H groups in total. The van der Waals surface area contributed by atoms with Crippen LogP contribution < -0.4 is 5.32 Å². The monoisotopic (exact) mass is 329 g/mol. The summed E-state index contributed by atoms with van der Waals surface area (Å²) in [6.45, 7) is 0.562. The lowest BCUT2D eigenvalue weighted by Crippen LogP contribution is -2.27. The summed E-state index contributed by atoms with van der Waals surface area (Å²) in [5, 5.41) is 18.1. The van der Waals surface area contributed by atoms with Gasteiger partial charge in [0.25, 0.3) is 5.91 Å². The van der Waals surface area contributed by atoms with Crippen LogP contribution in [-0.2, 0) is 4.79 Å². The highest BCUT2D eigenvalue weighted by atomic mass is 33.1. The molecule has 8 heteroatoms. The molecule has 0 atom stereocenters. The minimum absolute atomic E-state index is 0.106. The van der Waals surface area contributed by atoms with Crippen molar-refractivity contribution < 1.29 is 14.7 Å². The van der Waals surface area contributed by atoms with Crippen LogP contribution in [0.3, 0.4) is 0 Å². The quantitative estimate of drug-likeness (QED) is 0.475. The number of carbonyl (C=O) groups is 2. The number of aromatic amines is 1. The standard InChI is InChI=1S/C13H19N3O3S2/c17-11(18)4-6-20-21-7-5-14-13(19)12-10(8-15-16-12)9-2-1-3-9/h8-9H,1-7H2,(H,14,19)(H,15,16)(H,17,18). The molecule has 0 spiro atoms. The number of carbonyl (C=O) groups excluding carboxylic acids is 1. The number of carboxylic acid groups (broad SMARTS) is 1. The zero-order valence-corrected chi connectivity index (χ0v) is 13.3. The van der Waals surface area contributed by atoms with Crippen molar-refractivity contribution in [3.8, 4) is 0 Å². The van der Waals surface area contributed by atoms with Crippen LogP contribution in [0.5, 0.6) is 0 Å². The maximum absolute atomic E-state index is 12.1. The average molecular weight is 329 g/mol. The van der Waals surface area contributed by atoms with E-state index in [-0.39, 0.29) is 12.3 Å². The molecule has 116 valence electrons. The first kappa shape index (κ1) is 16.2. The molecule has 1 saturated carbocycles. The highest BCUT2D eigenvalue weighted by Crippen LogP contribution is 2.37. The molecule has 0 aromatic carbocycles. The SMILES string of the molecule is O=C(O)CCSSCCNC(=O)c1[nH]ncc1C1CCC1. The van der Waals surface area contributed by atoms with Crippen molar-refractivity contribution in [1.29, 1.82) is 0 Å². The van der Waals surface area contributed by atoms with Crippen LogP contribution in [0.4, 0.5) is 0 Å². The fraction of sp³-hybridized carbons (Fsp3) is 0.615. The van der Waals surface area contributed by atoms with Gasteiger partial charge in [0.05, 0.1) is 12.6 Å². The van der Waals surface area contributed by atoms with Crippen LogP contribution in [0.25, 0.3) is 0 Å². The lowest BCUT2D eigenvalue weighted by Gasteiger charge is -2.24. The fourth-order valence-corrected chi connectivity index (χ4v) is 3.93. The molecule has 0 aliphatic heterocycles. The molecule has 1 aromatic rings. The van der Waals surface area contributed by atoms with E-state index in [0.29, 0.717) is 23.9 Å². The summed E-state index contributed by atoms with van der Waals surface area (Å²) in [5.74, 6) is 0.929. The number of aliphatic carboxylic acids is 1. The van der Waals surface area contributed by atoms with Crippen molar-refractivity contribution in [2.75, 3.05) is 18.1 Å². The van der Waals surface area contributed by atoms with Crippen LogP contribution in [0, 0.1) is 0 Å². The molecule has 1 amide bonds.